The second kappa shape index (κ2) is 9.75. The van der Waals surface area contributed by atoms with Crippen LogP contribution in [0.4, 0.5) is 0 Å². The summed E-state index contributed by atoms with van der Waals surface area (Å²) in [7, 11) is 0. The fourth-order valence-corrected chi connectivity index (χ4v) is 3.31. The van der Waals surface area contributed by atoms with E-state index in [2.05, 4.69) is 10.1 Å². The molecule has 3 rings (SSSR count). The first-order valence-corrected chi connectivity index (χ1v) is 9.89. The lowest BCUT2D eigenvalue weighted by molar-refractivity contribution is -0.134. The Hall–Kier alpha value is -4.18. The van der Waals surface area contributed by atoms with E-state index in [1.165, 1.54) is 4.90 Å². The molecule has 0 bridgehead atoms. The van der Waals surface area contributed by atoms with Crippen molar-refractivity contribution in [2.75, 3.05) is 19.7 Å². The van der Waals surface area contributed by atoms with Crippen molar-refractivity contribution in [3.8, 4) is 23.4 Å². The van der Waals surface area contributed by atoms with Gasteiger partial charge in [-0.1, -0.05) is 5.16 Å². The fraction of sp³-hybridized carbons (Fsp3) is 0.364. The van der Waals surface area contributed by atoms with E-state index >= 15 is 0 Å². The van der Waals surface area contributed by atoms with Crippen molar-refractivity contribution in [2.45, 2.75) is 33.6 Å². The number of hydrogen-bond acceptors (Lipinski definition) is 9. The van der Waals surface area contributed by atoms with Gasteiger partial charge in [-0.05, 0) is 32.9 Å². The van der Waals surface area contributed by atoms with Crippen LogP contribution in [-0.4, -0.2) is 46.6 Å². The third-order valence-electron chi connectivity index (χ3n) is 4.82. The molecule has 0 aromatic carbocycles. The molecule has 0 radical (unpaired) electrons. The Morgan fingerprint density at radius 1 is 1.12 bits per heavy atom. The van der Waals surface area contributed by atoms with Crippen LogP contribution in [-0.2, 0) is 9.53 Å². The van der Waals surface area contributed by atoms with Crippen molar-refractivity contribution in [3.63, 3.8) is 0 Å². The van der Waals surface area contributed by atoms with Crippen LogP contribution in [0.1, 0.15) is 40.4 Å². The van der Waals surface area contributed by atoms with Gasteiger partial charge in [0, 0.05) is 18.7 Å². The van der Waals surface area contributed by atoms with E-state index in [9.17, 15) is 9.59 Å². The number of carbonyl (C=O) groups excluding carboxylic acids is 2. The standard InChI is InChI=1S/C22H21N5O5/c1-13-10-16(15(3)31-13)18-11-17(20-14(2)26-32-21(20)25-18)22(29)30-12-19(28)27(8-4-6-23)9-5-7-24/h10-11H,4-5,8-9,12H2,1-3H3. The summed E-state index contributed by atoms with van der Waals surface area (Å²) in [6.45, 7) is 5.05. The first-order chi connectivity index (χ1) is 15.3. The normalized spacial score (nSPS) is 10.5. The Labute approximate surface area is 184 Å². The van der Waals surface area contributed by atoms with Gasteiger partial charge in [0.15, 0.2) is 6.61 Å². The number of carbonyl (C=O) groups is 2. The number of aromatic nitrogens is 2. The predicted molar refractivity (Wildman–Crippen MR) is 111 cm³/mol. The number of furan rings is 1. The molecule has 0 N–H and O–H groups in total. The van der Waals surface area contributed by atoms with Crippen LogP contribution >= 0.6 is 0 Å². The van der Waals surface area contributed by atoms with Crippen LogP contribution in [0.3, 0.4) is 0 Å². The third-order valence-corrected chi connectivity index (χ3v) is 4.82. The van der Waals surface area contributed by atoms with Gasteiger partial charge in [0.05, 0.1) is 47.3 Å². The van der Waals surface area contributed by atoms with Gasteiger partial charge in [-0.2, -0.15) is 10.5 Å². The van der Waals surface area contributed by atoms with Gasteiger partial charge in [0.1, 0.15) is 11.5 Å². The van der Waals surface area contributed by atoms with Crippen LogP contribution in [0.5, 0.6) is 0 Å². The minimum absolute atomic E-state index is 0.114. The molecular weight excluding hydrogens is 414 g/mol. The number of ether oxygens (including phenoxy) is 1. The molecule has 0 saturated heterocycles. The number of fused-ring (bicyclic) bond motifs is 1. The predicted octanol–water partition coefficient (Wildman–Crippen LogP) is 3.22. The molecule has 0 aliphatic rings. The van der Waals surface area contributed by atoms with E-state index in [-0.39, 0.29) is 37.2 Å². The minimum Gasteiger partial charge on any atom is -0.466 e. The second-order valence-electron chi connectivity index (χ2n) is 7.10. The Morgan fingerprint density at radius 3 is 2.41 bits per heavy atom. The van der Waals surface area contributed by atoms with E-state index in [1.807, 2.05) is 12.1 Å². The van der Waals surface area contributed by atoms with Crippen LogP contribution in [0.2, 0.25) is 0 Å². The maximum atomic E-state index is 12.9. The molecule has 3 aromatic rings. The molecule has 3 aromatic heterocycles. The summed E-state index contributed by atoms with van der Waals surface area (Å²) in [6.07, 6.45) is 0.228. The van der Waals surface area contributed by atoms with E-state index in [4.69, 9.17) is 24.2 Å². The highest BCUT2D eigenvalue weighted by molar-refractivity contribution is 6.04. The monoisotopic (exact) mass is 435 g/mol. The number of nitrogens with zero attached hydrogens (tertiary/aromatic N) is 5. The molecule has 0 atom stereocenters. The number of nitriles is 2. The lowest BCUT2D eigenvalue weighted by Gasteiger charge is -2.20. The van der Waals surface area contributed by atoms with E-state index in [1.54, 1.807) is 32.9 Å². The summed E-state index contributed by atoms with van der Waals surface area (Å²) in [5.41, 5.74) is 1.94. The summed E-state index contributed by atoms with van der Waals surface area (Å²) in [6, 6.07) is 7.26. The van der Waals surface area contributed by atoms with Gasteiger partial charge < -0.3 is 18.6 Å². The molecule has 0 spiro atoms. The van der Waals surface area contributed by atoms with Gasteiger partial charge >= 0.3 is 5.97 Å². The van der Waals surface area contributed by atoms with Crippen LogP contribution in [0.25, 0.3) is 22.4 Å². The molecule has 0 aliphatic carbocycles. The van der Waals surface area contributed by atoms with Crippen molar-refractivity contribution in [3.05, 3.63) is 34.9 Å². The number of amides is 1. The van der Waals surface area contributed by atoms with E-state index < -0.39 is 18.5 Å². The Bertz CT molecular complexity index is 1230. The summed E-state index contributed by atoms with van der Waals surface area (Å²) in [5.74, 6) is 0.0952. The zero-order valence-corrected chi connectivity index (χ0v) is 18.0. The lowest BCUT2D eigenvalue weighted by Crippen LogP contribution is -2.36. The highest BCUT2D eigenvalue weighted by atomic mass is 16.5. The zero-order valence-electron chi connectivity index (χ0n) is 18.0. The van der Waals surface area contributed by atoms with Crippen molar-refractivity contribution >= 4 is 23.0 Å². The largest absolute Gasteiger partial charge is 0.466 e. The van der Waals surface area contributed by atoms with E-state index in [0.29, 0.717) is 33.9 Å². The van der Waals surface area contributed by atoms with Gasteiger partial charge in [0.2, 0.25) is 0 Å². The highest BCUT2D eigenvalue weighted by Gasteiger charge is 2.23. The van der Waals surface area contributed by atoms with Crippen molar-refractivity contribution in [2.24, 2.45) is 0 Å². The van der Waals surface area contributed by atoms with E-state index in [0.717, 1.165) is 0 Å². The Balaban J connectivity index is 1.86. The molecule has 0 aliphatic heterocycles. The highest BCUT2D eigenvalue weighted by Crippen LogP contribution is 2.30. The Morgan fingerprint density at radius 2 is 1.81 bits per heavy atom. The molecule has 10 heteroatoms. The summed E-state index contributed by atoms with van der Waals surface area (Å²) >= 11 is 0. The molecule has 0 saturated carbocycles. The molecule has 0 fully saturated rings. The molecule has 164 valence electrons. The average Bonchev–Trinajstić information content (AvgIpc) is 3.32. The van der Waals surface area contributed by atoms with Crippen LogP contribution < -0.4 is 0 Å². The van der Waals surface area contributed by atoms with Crippen molar-refractivity contribution < 1.29 is 23.3 Å². The zero-order chi connectivity index (χ0) is 23.3. The molecule has 10 nitrogen and oxygen atoms in total. The van der Waals surface area contributed by atoms with Crippen molar-refractivity contribution in [1.82, 2.24) is 15.0 Å². The summed E-state index contributed by atoms with van der Waals surface area (Å²) in [4.78, 5) is 31.2. The fourth-order valence-electron chi connectivity index (χ4n) is 3.31. The smallest absolute Gasteiger partial charge is 0.339 e. The number of aryl methyl sites for hydroxylation is 3. The molecule has 32 heavy (non-hydrogen) atoms. The van der Waals surface area contributed by atoms with Gasteiger partial charge in [-0.15, -0.1) is 0 Å². The Kier molecular flexibility index (Phi) is 6.86. The number of esters is 1. The van der Waals surface area contributed by atoms with Crippen LogP contribution in [0, 0.1) is 43.4 Å². The van der Waals surface area contributed by atoms with Crippen molar-refractivity contribution in [1.29, 1.82) is 10.5 Å². The number of hydrogen-bond donors (Lipinski definition) is 0. The summed E-state index contributed by atoms with van der Waals surface area (Å²) in [5, 5.41) is 21.8. The maximum Gasteiger partial charge on any atom is 0.339 e. The first kappa shape index (κ1) is 22.5. The lowest BCUT2D eigenvalue weighted by atomic mass is 10.1. The first-order valence-electron chi connectivity index (χ1n) is 9.89. The average molecular weight is 435 g/mol. The molecule has 0 unspecified atom stereocenters. The molecule has 3 heterocycles. The number of rotatable bonds is 8. The SMILES string of the molecule is Cc1cc(-c2cc(C(=O)OCC(=O)N(CCC#N)CCC#N)c3c(C)noc3n2)c(C)o1. The van der Waals surface area contributed by atoms with Gasteiger partial charge in [-0.3, -0.25) is 4.79 Å². The van der Waals surface area contributed by atoms with Crippen LogP contribution in [0.15, 0.2) is 21.1 Å². The van der Waals surface area contributed by atoms with Gasteiger partial charge in [-0.25, -0.2) is 9.78 Å². The summed E-state index contributed by atoms with van der Waals surface area (Å²) < 4.78 is 16.1. The maximum absolute atomic E-state index is 12.9. The second-order valence-corrected chi connectivity index (χ2v) is 7.10. The molecular formula is C22H21N5O5. The quantitative estimate of drug-likeness (QED) is 0.486. The third kappa shape index (κ3) is 4.76. The van der Waals surface area contributed by atoms with Gasteiger partial charge in [0.25, 0.3) is 11.6 Å². The topological polar surface area (TPSA) is 146 Å². The molecule has 1 amide bonds. The minimum atomic E-state index is -0.739. The number of pyridine rings is 1.